The van der Waals surface area contributed by atoms with E-state index in [1.807, 2.05) is 0 Å². The van der Waals surface area contributed by atoms with Crippen LogP contribution in [0.2, 0.25) is 0 Å². The van der Waals surface area contributed by atoms with Crippen LogP contribution in [0.15, 0.2) is 120 Å². The molecule has 0 saturated carbocycles. The van der Waals surface area contributed by atoms with Crippen LogP contribution in [0, 0.1) is 0 Å². The van der Waals surface area contributed by atoms with Gasteiger partial charge in [0, 0.05) is 0 Å². The van der Waals surface area contributed by atoms with Crippen LogP contribution in [0.3, 0.4) is 0 Å². The van der Waals surface area contributed by atoms with E-state index in [1.54, 1.807) is 0 Å². The molecule has 0 spiro atoms. The van der Waals surface area contributed by atoms with Crippen molar-refractivity contribution < 1.29 is 9.69 Å². The lowest BCUT2D eigenvalue weighted by Gasteiger charge is -2.27. The highest BCUT2D eigenvalue weighted by Crippen LogP contribution is 2.33. The van der Waals surface area contributed by atoms with Crippen LogP contribution in [0.4, 0.5) is 0 Å². The number of carbonyl (C=O) groups excluding carboxylic acids is 1. The van der Waals surface area contributed by atoms with Crippen LogP contribution < -0.4 is 4.90 Å². The number of fused-ring (bicyclic) bond motifs is 4. The molecule has 7 rings (SSSR count). The highest BCUT2D eigenvalue weighted by atomic mass is 16.1. The van der Waals surface area contributed by atoms with Crippen molar-refractivity contribution in [1.82, 2.24) is 0 Å². The number of nitrogens with one attached hydrogen (secondary N) is 1. The van der Waals surface area contributed by atoms with E-state index in [1.165, 1.54) is 48.0 Å². The predicted molar refractivity (Wildman–Crippen MR) is 170 cm³/mol. The normalized spacial score (nSPS) is 18.0. The molecule has 0 aliphatic carbocycles. The minimum Gasteiger partial charge on any atom is -0.327 e. The molecule has 6 aromatic carbocycles. The molecule has 1 fully saturated rings. The molecular formula is C38H32NO+. The quantitative estimate of drug-likeness (QED) is 0.188. The second-order valence-electron chi connectivity index (χ2n) is 11.0. The Morgan fingerprint density at radius 2 is 0.925 bits per heavy atom. The van der Waals surface area contributed by atoms with Crippen LogP contribution in [-0.2, 0) is 4.79 Å². The van der Waals surface area contributed by atoms with E-state index in [0.717, 1.165) is 48.3 Å². The van der Waals surface area contributed by atoms with Gasteiger partial charge < -0.3 is 4.90 Å². The molecular weight excluding hydrogens is 486 g/mol. The van der Waals surface area contributed by atoms with E-state index in [-0.39, 0.29) is 5.78 Å². The average Bonchev–Trinajstić information content (AvgIpc) is 2.99. The second kappa shape index (κ2) is 10.2. The first-order chi connectivity index (χ1) is 19.7. The third-order valence-electron chi connectivity index (χ3n) is 8.33. The molecule has 1 saturated heterocycles. The lowest BCUT2D eigenvalue weighted by atomic mass is 9.89. The minimum absolute atomic E-state index is 0.175. The molecule has 0 unspecified atom stereocenters. The van der Waals surface area contributed by atoms with Crippen LogP contribution in [0.25, 0.3) is 55.2 Å². The van der Waals surface area contributed by atoms with E-state index in [0.29, 0.717) is 0 Å². The highest BCUT2D eigenvalue weighted by molar-refractivity contribution is 6.18. The SMILES string of the molecule is CCC[NH+]1CC(=Cc2c3ccccc3cc3ccccc23)C(=O)C(=Cc2c3ccccc3cc3ccccc23)C1. The van der Waals surface area contributed by atoms with Gasteiger partial charge in [-0.1, -0.05) is 104 Å². The van der Waals surface area contributed by atoms with Gasteiger partial charge in [0.25, 0.3) is 0 Å². The summed E-state index contributed by atoms with van der Waals surface area (Å²) < 4.78 is 0. The van der Waals surface area contributed by atoms with Gasteiger partial charge in [0.15, 0.2) is 5.78 Å². The summed E-state index contributed by atoms with van der Waals surface area (Å²) in [6.07, 6.45) is 5.46. The van der Waals surface area contributed by atoms with E-state index in [9.17, 15) is 4.79 Å². The first kappa shape index (κ1) is 24.5. The van der Waals surface area contributed by atoms with E-state index >= 15 is 0 Å². The van der Waals surface area contributed by atoms with Crippen molar-refractivity contribution in [2.45, 2.75) is 13.3 Å². The fourth-order valence-corrected chi connectivity index (χ4v) is 6.49. The number of benzene rings is 6. The zero-order valence-corrected chi connectivity index (χ0v) is 22.8. The van der Waals surface area contributed by atoms with Gasteiger partial charge in [-0.25, -0.2) is 0 Å². The summed E-state index contributed by atoms with van der Waals surface area (Å²) in [4.78, 5) is 15.7. The number of hydrogen-bond donors (Lipinski definition) is 1. The molecule has 1 aliphatic heterocycles. The van der Waals surface area contributed by atoms with Crippen molar-refractivity contribution in [2.24, 2.45) is 0 Å². The summed E-state index contributed by atoms with van der Waals surface area (Å²) in [7, 11) is 0. The Hall–Kier alpha value is -4.53. The number of likely N-dealkylation sites (tertiary alicyclic amines) is 1. The maximum atomic E-state index is 14.3. The second-order valence-corrected chi connectivity index (χ2v) is 11.0. The zero-order chi connectivity index (χ0) is 27.1. The molecule has 1 aliphatic rings. The average molecular weight is 519 g/mol. The van der Waals surface area contributed by atoms with E-state index in [2.05, 4.69) is 128 Å². The monoisotopic (exact) mass is 518 g/mol. The number of piperidine rings is 1. The molecule has 40 heavy (non-hydrogen) atoms. The Morgan fingerprint density at radius 3 is 1.27 bits per heavy atom. The molecule has 2 nitrogen and oxygen atoms in total. The Bertz CT molecular complexity index is 1750. The topological polar surface area (TPSA) is 21.5 Å². The molecule has 0 aromatic heterocycles. The van der Waals surface area contributed by atoms with Crippen molar-refractivity contribution in [3.8, 4) is 0 Å². The van der Waals surface area contributed by atoms with Crippen molar-refractivity contribution in [1.29, 1.82) is 0 Å². The first-order valence-electron chi connectivity index (χ1n) is 14.3. The molecule has 1 heterocycles. The fourth-order valence-electron chi connectivity index (χ4n) is 6.49. The van der Waals surface area contributed by atoms with Gasteiger partial charge in [-0.3, -0.25) is 4.79 Å². The number of ketones is 1. The number of carbonyl (C=O) groups is 1. The fraction of sp³-hybridized carbons (Fsp3) is 0.132. The maximum Gasteiger partial charge on any atom is 0.196 e. The predicted octanol–water partition coefficient (Wildman–Crippen LogP) is 7.64. The van der Waals surface area contributed by atoms with E-state index < -0.39 is 0 Å². The summed E-state index contributed by atoms with van der Waals surface area (Å²) in [6.45, 7) is 4.76. The van der Waals surface area contributed by atoms with Crippen molar-refractivity contribution in [2.75, 3.05) is 19.6 Å². The van der Waals surface area contributed by atoms with Crippen LogP contribution in [0.1, 0.15) is 24.5 Å². The van der Waals surface area contributed by atoms with Crippen molar-refractivity contribution in [3.05, 3.63) is 131 Å². The van der Waals surface area contributed by atoms with Gasteiger partial charge >= 0.3 is 0 Å². The number of rotatable bonds is 4. The van der Waals surface area contributed by atoms with Crippen LogP contribution in [0.5, 0.6) is 0 Å². The third-order valence-corrected chi connectivity index (χ3v) is 8.33. The third kappa shape index (κ3) is 4.31. The number of quaternary nitrogens is 1. The first-order valence-corrected chi connectivity index (χ1v) is 14.3. The molecule has 2 heteroatoms. The summed E-state index contributed by atoms with van der Waals surface area (Å²) in [6, 6.07) is 38.6. The molecule has 194 valence electrons. The molecule has 6 aromatic rings. The van der Waals surface area contributed by atoms with E-state index in [4.69, 9.17) is 0 Å². The molecule has 0 bridgehead atoms. The van der Waals surface area contributed by atoms with Gasteiger partial charge in [0.1, 0.15) is 13.1 Å². The van der Waals surface area contributed by atoms with Crippen LogP contribution in [-0.4, -0.2) is 25.4 Å². The minimum atomic E-state index is 0.175. The van der Waals surface area contributed by atoms with Gasteiger partial charge in [-0.2, -0.15) is 0 Å². The van der Waals surface area contributed by atoms with Gasteiger partial charge in [0.2, 0.25) is 0 Å². The molecule has 0 atom stereocenters. The summed E-state index contributed by atoms with van der Waals surface area (Å²) >= 11 is 0. The summed E-state index contributed by atoms with van der Waals surface area (Å²) in [5, 5.41) is 9.56. The standard InChI is InChI=1S/C38H31NO/c1-2-19-39-24-30(22-36-32-15-7-3-11-26(32)20-27-12-4-8-16-33(27)36)38(40)31(25-39)23-37-34-17-9-5-13-28(34)21-29-14-6-10-18-35(29)37/h3-18,20-23H,2,19,24-25H2,1H3/p+1. The molecule has 1 N–H and O–H groups in total. The number of Topliss-reactive ketones (excluding diaryl/α,β-unsaturated/α-hetero) is 1. The lowest BCUT2D eigenvalue weighted by molar-refractivity contribution is -0.891. The Kier molecular flexibility index (Phi) is 6.26. The maximum absolute atomic E-state index is 14.3. The Balaban J connectivity index is 1.44. The van der Waals surface area contributed by atoms with Gasteiger partial charge in [-0.15, -0.1) is 0 Å². The number of hydrogen-bond acceptors (Lipinski definition) is 1. The van der Waals surface area contributed by atoms with Gasteiger partial charge in [-0.05, 0) is 84.9 Å². The summed E-state index contributed by atoms with van der Waals surface area (Å²) in [5.74, 6) is 0.175. The smallest absolute Gasteiger partial charge is 0.196 e. The molecule has 0 amide bonds. The lowest BCUT2D eigenvalue weighted by Crippen LogP contribution is -3.13. The van der Waals surface area contributed by atoms with Crippen molar-refractivity contribution >= 4 is 61.0 Å². The van der Waals surface area contributed by atoms with Crippen molar-refractivity contribution in [3.63, 3.8) is 0 Å². The Morgan fingerprint density at radius 1 is 0.575 bits per heavy atom. The van der Waals surface area contributed by atoms with Gasteiger partial charge in [0.05, 0.1) is 17.7 Å². The highest BCUT2D eigenvalue weighted by Gasteiger charge is 2.29. The zero-order valence-electron chi connectivity index (χ0n) is 22.8. The molecule has 0 radical (unpaired) electrons. The van der Waals surface area contributed by atoms with Crippen LogP contribution >= 0.6 is 0 Å². The summed E-state index contributed by atoms with van der Waals surface area (Å²) in [5.41, 5.74) is 4.08. The Labute approximate surface area is 234 Å². The largest absolute Gasteiger partial charge is 0.327 e.